The maximum absolute atomic E-state index is 5.31. The zero-order chi connectivity index (χ0) is 9.97. The summed E-state index contributed by atoms with van der Waals surface area (Å²) < 4.78 is 6.38. The first kappa shape index (κ1) is 9.28. The van der Waals surface area contributed by atoms with Crippen molar-refractivity contribution in [2.24, 2.45) is 0 Å². The minimum absolute atomic E-state index is 0.838. The lowest BCUT2D eigenvalue weighted by molar-refractivity contribution is 0.489. The van der Waals surface area contributed by atoms with Crippen LogP contribution in [0, 0.1) is 0 Å². The molecular weight excluding hydrogens is 240 g/mol. The van der Waals surface area contributed by atoms with Crippen molar-refractivity contribution in [3.05, 3.63) is 53.7 Å². The van der Waals surface area contributed by atoms with Crippen LogP contribution in [0.5, 0.6) is 5.75 Å². The Balaban J connectivity index is 2.68. The lowest BCUT2D eigenvalue weighted by Crippen LogP contribution is -1.82. The predicted octanol–water partition coefficient (Wildman–Crippen LogP) is 4.12. The van der Waals surface area contributed by atoms with E-state index in [1.165, 1.54) is 6.26 Å². The van der Waals surface area contributed by atoms with Gasteiger partial charge < -0.3 is 4.74 Å². The van der Waals surface area contributed by atoms with E-state index in [2.05, 4.69) is 34.6 Å². The van der Waals surface area contributed by atoms with Crippen molar-refractivity contribution in [3.8, 4) is 5.75 Å². The third-order valence-corrected chi connectivity index (χ3v) is 2.51. The van der Waals surface area contributed by atoms with Gasteiger partial charge in [-0.1, -0.05) is 34.6 Å². The highest BCUT2D eigenvalue weighted by Crippen LogP contribution is 2.27. The van der Waals surface area contributed by atoms with Gasteiger partial charge in [0.1, 0.15) is 5.75 Å². The molecule has 0 N–H and O–H groups in total. The van der Waals surface area contributed by atoms with Crippen LogP contribution in [0.15, 0.2) is 53.7 Å². The largest absolute Gasteiger partial charge is 0.465 e. The van der Waals surface area contributed by atoms with Crippen LogP contribution in [0.1, 0.15) is 0 Å². The fourth-order valence-electron chi connectivity index (χ4n) is 1.42. The van der Waals surface area contributed by atoms with E-state index in [4.69, 9.17) is 4.74 Å². The molecule has 0 bridgehead atoms. The Bertz CT molecular complexity index is 477. The molecular formula is C12H9BrO. The third-order valence-electron chi connectivity index (χ3n) is 2.01. The average Bonchev–Trinajstić information content (AvgIpc) is 2.18. The molecule has 2 aromatic rings. The normalized spacial score (nSPS) is 10.1. The average molecular weight is 249 g/mol. The first-order valence-electron chi connectivity index (χ1n) is 4.27. The topological polar surface area (TPSA) is 9.23 Å². The summed E-state index contributed by atoms with van der Waals surface area (Å²) in [5, 5.41) is 2.24. The van der Waals surface area contributed by atoms with Crippen LogP contribution in [0.25, 0.3) is 10.8 Å². The molecule has 0 heterocycles. The second kappa shape index (κ2) is 3.84. The molecule has 0 saturated heterocycles. The van der Waals surface area contributed by atoms with Gasteiger partial charge in [0.2, 0.25) is 0 Å². The fraction of sp³-hybridized carbons (Fsp3) is 0. The van der Waals surface area contributed by atoms with E-state index < -0.39 is 0 Å². The van der Waals surface area contributed by atoms with E-state index in [9.17, 15) is 0 Å². The Morgan fingerprint density at radius 2 is 2.07 bits per heavy atom. The summed E-state index contributed by atoms with van der Waals surface area (Å²) in [5.41, 5.74) is 0. The zero-order valence-corrected chi connectivity index (χ0v) is 9.12. The molecule has 0 aliphatic rings. The molecule has 0 aliphatic carbocycles. The van der Waals surface area contributed by atoms with Gasteiger partial charge in [0.05, 0.1) is 6.26 Å². The zero-order valence-electron chi connectivity index (χ0n) is 7.53. The first-order chi connectivity index (χ1) is 6.81. The molecule has 14 heavy (non-hydrogen) atoms. The van der Waals surface area contributed by atoms with Gasteiger partial charge in [0.15, 0.2) is 0 Å². The minimum Gasteiger partial charge on any atom is -0.465 e. The van der Waals surface area contributed by atoms with Gasteiger partial charge in [0, 0.05) is 9.86 Å². The highest BCUT2D eigenvalue weighted by Gasteiger charge is 2.00. The lowest BCUT2D eigenvalue weighted by Gasteiger charge is -2.04. The van der Waals surface area contributed by atoms with Gasteiger partial charge in [-0.15, -0.1) is 0 Å². The van der Waals surface area contributed by atoms with Crippen molar-refractivity contribution < 1.29 is 4.74 Å². The Kier molecular flexibility index (Phi) is 2.55. The molecule has 0 radical (unpaired) electrons. The summed E-state index contributed by atoms with van der Waals surface area (Å²) in [5.74, 6) is 0.838. The number of hydrogen-bond acceptors (Lipinski definition) is 1. The van der Waals surface area contributed by atoms with E-state index in [1.807, 2.05) is 24.3 Å². The molecule has 0 saturated carbocycles. The van der Waals surface area contributed by atoms with Gasteiger partial charge in [0.25, 0.3) is 0 Å². The van der Waals surface area contributed by atoms with Gasteiger partial charge in [-0.3, -0.25) is 0 Å². The monoisotopic (exact) mass is 248 g/mol. The molecule has 2 rings (SSSR count). The highest BCUT2D eigenvalue weighted by molar-refractivity contribution is 9.10. The smallest absolute Gasteiger partial charge is 0.134 e. The molecule has 2 heteroatoms. The molecule has 70 valence electrons. The van der Waals surface area contributed by atoms with E-state index in [1.54, 1.807) is 0 Å². The van der Waals surface area contributed by atoms with E-state index in [0.717, 1.165) is 21.0 Å². The van der Waals surface area contributed by atoms with Gasteiger partial charge in [-0.25, -0.2) is 0 Å². The van der Waals surface area contributed by atoms with Crippen LogP contribution in [0.4, 0.5) is 0 Å². The Labute approximate surface area is 91.1 Å². The van der Waals surface area contributed by atoms with Crippen molar-refractivity contribution in [1.29, 1.82) is 0 Å². The predicted molar refractivity (Wildman–Crippen MR) is 62.5 cm³/mol. The number of benzene rings is 2. The number of rotatable bonds is 2. The second-order valence-corrected chi connectivity index (χ2v) is 3.82. The molecule has 0 fully saturated rings. The van der Waals surface area contributed by atoms with Crippen LogP contribution >= 0.6 is 15.9 Å². The molecule has 0 aromatic heterocycles. The van der Waals surface area contributed by atoms with Crippen molar-refractivity contribution in [3.63, 3.8) is 0 Å². The molecule has 0 atom stereocenters. The van der Waals surface area contributed by atoms with E-state index >= 15 is 0 Å². The summed E-state index contributed by atoms with van der Waals surface area (Å²) in [4.78, 5) is 0. The van der Waals surface area contributed by atoms with Crippen molar-refractivity contribution in [2.75, 3.05) is 0 Å². The molecule has 0 aliphatic heterocycles. The number of fused-ring (bicyclic) bond motifs is 1. The molecule has 0 spiro atoms. The van der Waals surface area contributed by atoms with E-state index in [0.29, 0.717) is 0 Å². The SMILES string of the molecule is C=COc1cccc2cc(Br)ccc12. The quantitative estimate of drug-likeness (QED) is 0.727. The van der Waals surface area contributed by atoms with Crippen LogP contribution in [-0.2, 0) is 0 Å². The Hall–Kier alpha value is -1.28. The van der Waals surface area contributed by atoms with Crippen LogP contribution < -0.4 is 4.74 Å². The summed E-state index contributed by atoms with van der Waals surface area (Å²) in [6.45, 7) is 3.55. The lowest BCUT2D eigenvalue weighted by atomic mass is 10.1. The van der Waals surface area contributed by atoms with E-state index in [-0.39, 0.29) is 0 Å². The third kappa shape index (κ3) is 1.66. The number of ether oxygens (including phenoxy) is 1. The number of hydrogen-bond donors (Lipinski definition) is 0. The second-order valence-electron chi connectivity index (χ2n) is 2.91. The molecule has 2 aromatic carbocycles. The molecule has 0 amide bonds. The van der Waals surface area contributed by atoms with Gasteiger partial charge in [-0.2, -0.15) is 0 Å². The van der Waals surface area contributed by atoms with Crippen LogP contribution in [-0.4, -0.2) is 0 Å². The van der Waals surface area contributed by atoms with Gasteiger partial charge in [-0.05, 0) is 29.7 Å². The Morgan fingerprint density at radius 1 is 1.21 bits per heavy atom. The van der Waals surface area contributed by atoms with Crippen LogP contribution in [0.2, 0.25) is 0 Å². The summed E-state index contributed by atoms with van der Waals surface area (Å²) >= 11 is 3.43. The summed E-state index contributed by atoms with van der Waals surface area (Å²) in [7, 11) is 0. The minimum atomic E-state index is 0.838. The molecule has 0 unspecified atom stereocenters. The van der Waals surface area contributed by atoms with Crippen molar-refractivity contribution >= 4 is 26.7 Å². The van der Waals surface area contributed by atoms with Gasteiger partial charge >= 0.3 is 0 Å². The summed E-state index contributed by atoms with van der Waals surface area (Å²) in [6.07, 6.45) is 1.44. The maximum Gasteiger partial charge on any atom is 0.134 e. The fourth-order valence-corrected chi connectivity index (χ4v) is 1.80. The first-order valence-corrected chi connectivity index (χ1v) is 5.06. The molecule has 1 nitrogen and oxygen atoms in total. The van der Waals surface area contributed by atoms with Crippen LogP contribution in [0.3, 0.4) is 0 Å². The van der Waals surface area contributed by atoms with Crippen molar-refractivity contribution in [2.45, 2.75) is 0 Å². The summed E-state index contributed by atoms with van der Waals surface area (Å²) in [6, 6.07) is 12.0. The highest BCUT2D eigenvalue weighted by atomic mass is 79.9. The maximum atomic E-state index is 5.31. The van der Waals surface area contributed by atoms with Crippen molar-refractivity contribution in [1.82, 2.24) is 0 Å². The standard InChI is InChI=1S/C12H9BrO/c1-2-14-12-5-3-4-9-8-10(13)6-7-11(9)12/h2-8H,1H2. The Morgan fingerprint density at radius 3 is 2.86 bits per heavy atom. The number of halogens is 1.